The van der Waals surface area contributed by atoms with Gasteiger partial charge in [0.2, 0.25) is 0 Å². The fourth-order valence-corrected chi connectivity index (χ4v) is 4.84. The second kappa shape index (κ2) is 4.59. The Balaban J connectivity index is 2.42. The van der Waals surface area contributed by atoms with Crippen LogP contribution in [-0.2, 0) is 9.53 Å². The molecule has 0 N–H and O–H groups in total. The second-order valence-electron chi connectivity index (χ2n) is 7.32. The molecular weight excluding hydrogens is 264 g/mol. The molecule has 0 aliphatic carbocycles. The fourth-order valence-electron chi connectivity index (χ4n) is 2.51. The largest absolute Gasteiger partial charge is 0.450 e. The van der Waals surface area contributed by atoms with Crippen molar-refractivity contribution in [2.45, 2.75) is 46.4 Å². The number of benzene rings is 1. The Morgan fingerprint density at radius 2 is 1.70 bits per heavy atom. The van der Waals surface area contributed by atoms with E-state index >= 15 is 0 Å². The first-order valence-electron chi connectivity index (χ1n) is 7.10. The molecule has 1 aliphatic heterocycles. The van der Waals surface area contributed by atoms with Crippen LogP contribution in [0.3, 0.4) is 0 Å². The van der Waals surface area contributed by atoms with Crippen molar-refractivity contribution in [1.82, 2.24) is 0 Å². The van der Waals surface area contributed by atoms with Gasteiger partial charge in [0.25, 0.3) is 0 Å². The van der Waals surface area contributed by atoms with Crippen LogP contribution in [-0.4, -0.2) is 19.6 Å². The normalized spacial score (nSPS) is 25.3. The quantitative estimate of drug-likeness (QED) is 0.473. The van der Waals surface area contributed by atoms with Gasteiger partial charge in [-0.1, -0.05) is 75.1 Å². The van der Waals surface area contributed by atoms with Gasteiger partial charge in [-0.05, 0) is 6.92 Å². The highest BCUT2D eigenvalue weighted by atomic mass is 28.3. The van der Waals surface area contributed by atoms with E-state index in [0.29, 0.717) is 0 Å². The summed E-state index contributed by atoms with van der Waals surface area (Å²) in [5.41, 5.74) is 2.50. The lowest BCUT2D eigenvalue weighted by molar-refractivity contribution is -0.184. The molecule has 0 saturated carbocycles. The monoisotopic (exact) mass is 288 g/mol. The lowest BCUT2D eigenvalue weighted by atomic mass is 9.70. The molecule has 20 heavy (non-hydrogen) atoms. The molecule has 1 unspecified atom stereocenters. The molecule has 1 aliphatic rings. The van der Waals surface area contributed by atoms with Crippen LogP contribution in [0.25, 0.3) is 0 Å². The Kier molecular flexibility index (Phi) is 3.45. The molecule has 1 atom stereocenters. The van der Waals surface area contributed by atoms with Crippen LogP contribution in [0, 0.1) is 5.41 Å². The molecule has 2 rings (SSSR count). The molecular formula is C17H24O2Si. The van der Waals surface area contributed by atoms with Crippen molar-refractivity contribution in [3.63, 3.8) is 0 Å². The smallest absolute Gasteiger partial charge is 0.338 e. The summed E-state index contributed by atoms with van der Waals surface area (Å²) in [4.78, 5) is 11.9. The summed E-state index contributed by atoms with van der Waals surface area (Å²) in [7, 11) is -1.78. The molecule has 1 fully saturated rings. The molecule has 108 valence electrons. The van der Waals surface area contributed by atoms with E-state index in [1.54, 1.807) is 0 Å². The van der Waals surface area contributed by atoms with Gasteiger partial charge in [0.1, 0.15) is 13.7 Å². The number of rotatable bonds is 2. The van der Waals surface area contributed by atoms with Gasteiger partial charge in [-0.2, -0.15) is 0 Å². The third-order valence-electron chi connectivity index (χ3n) is 4.48. The Morgan fingerprint density at radius 3 is 2.15 bits per heavy atom. The maximum absolute atomic E-state index is 11.9. The molecule has 2 nitrogen and oxygen atoms in total. The zero-order chi connectivity index (χ0) is 15.2. The van der Waals surface area contributed by atoms with E-state index in [-0.39, 0.29) is 11.4 Å². The van der Waals surface area contributed by atoms with Gasteiger partial charge in [0.05, 0.1) is 5.57 Å². The first kappa shape index (κ1) is 15.0. The predicted octanol–water partition coefficient (Wildman–Crippen LogP) is 3.43. The first-order chi connectivity index (χ1) is 9.08. The predicted molar refractivity (Wildman–Crippen MR) is 85.6 cm³/mol. The fraction of sp³-hybridized carbons (Fsp3) is 0.471. The molecule has 1 saturated heterocycles. The molecule has 0 radical (unpaired) electrons. The average Bonchev–Trinajstić information content (AvgIpc) is 2.36. The standard InChI is InChI=1S/C17H24O2Si/c1-16(2,3)17(4)14(15(18)19-17)12-20(5,6)13-10-8-7-9-11-13/h7-12H,1-6H3/b14-12+. The van der Waals surface area contributed by atoms with Crippen LogP contribution in [0.4, 0.5) is 0 Å². The van der Waals surface area contributed by atoms with Gasteiger partial charge in [-0.3, -0.25) is 0 Å². The molecule has 1 heterocycles. The third kappa shape index (κ3) is 2.35. The highest BCUT2D eigenvalue weighted by molar-refractivity contribution is 6.94. The van der Waals surface area contributed by atoms with Crippen LogP contribution in [0.15, 0.2) is 41.6 Å². The number of hydrogen-bond donors (Lipinski definition) is 0. The van der Waals surface area contributed by atoms with E-state index in [1.807, 2.05) is 13.0 Å². The van der Waals surface area contributed by atoms with E-state index in [0.717, 1.165) is 5.57 Å². The van der Waals surface area contributed by atoms with Gasteiger partial charge in [0, 0.05) is 5.41 Å². The number of carbonyl (C=O) groups excluding carboxylic acids is 1. The minimum atomic E-state index is -1.78. The summed E-state index contributed by atoms with van der Waals surface area (Å²) in [5.74, 6) is -0.154. The van der Waals surface area contributed by atoms with Crippen LogP contribution in [0.2, 0.25) is 13.1 Å². The van der Waals surface area contributed by atoms with E-state index in [9.17, 15) is 4.79 Å². The zero-order valence-corrected chi connectivity index (χ0v) is 14.3. The lowest BCUT2D eigenvalue weighted by Crippen LogP contribution is -2.58. The molecule has 3 heteroatoms. The van der Waals surface area contributed by atoms with Crippen molar-refractivity contribution in [2.75, 3.05) is 0 Å². The molecule has 1 aromatic carbocycles. The highest BCUT2D eigenvalue weighted by Gasteiger charge is 2.55. The summed E-state index contributed by atoms with van der Waals surface area (Å²) in [6, 6.07) is 10.5. The van der Waals surface area contributed by atoms with Gasteiger partial charge in [0.15, 0.2) is 0 Å². The van der Waals surface area contributed by atoms with Gasteiger partial charge in [-0.15, -0.1) is 0 Å². The van der Waals surface area contributed by atoms with E-state index in [1.165, 1.54) is 5.19 Å². The van der Waals surface area contributed by atoms with E-state index in [4.69, 9.17) is 4.74 Å². The summed E-state index contributed by atoms with van der Waals surface area (Å²) in [6.45, 7) is 12.9. The molecule has 0 spiro atoms. The average molecular weight is 288 g/mol. The van der Waals surface area contributed by atoms with Crippen LogP contribution in [0.5, 0.6) is 0 Å². The maximum Gasteiger partial charge on any atom is 0.338 e. The van der Waals surface area contributed by atoms with Crippen molar-refractivity contribution in [1.29, 1.82) is 0 Å². The van der Waals surface area contributed by atoms with Crippen molar-refractivity contribution in [3.8, 4) is 0 Å². The SMILES string of the molecule is CC(C)(C)C1(C)OC(=O)/C1=C\[Si](C)(C)c1ccccc1. The van der Waals surface area contributed by atoms with Crippen LogP contribution in [0.1, 0.15) is 27.7 Å². The maximum atomic E-state index is 11.9. The second-order valence-corrected chi connectivity index (χ2v) is 11.6. The zero-order valence-electron chi connectivity index (χ0n) is 13.3. The Labute approximate surface area is 122 Å². The number of ether oxygens (including phenoxy) is 1. The van der Waals surface area contributed by atoms with Crippen molar-refractivity contribution in [2.24, 2.45) is 5.41 Å². The number of hydrogen-bond acceptors (Lipinski definition) is 2. The van der Waals surface area contributed by atoms with Gasteiger partial charge >= 0.3 is 5.97 Å². The van der Waals surface area contributed by atoms with Gasteiger partial charge < -0.3 is 4.74 Å². The highest BCUT2D eigenvalue weighted by Crippen LogP contribution is 2.47. The Hall–Kier alpha value is -1.35. The summed E-state index contributed by atoms with van der Waals surface area (Å²) in [6.07, 6.45) is 0. The van der Waals surface area contributed by atoms with Gasteiger partial charge in [-0.25, -0.2) is 4.79 Å². The van der Waals surface area contributed by atoms with Crippen molar-refractivity contribution >= 4 is 19.2 Å². The number of cyclic esters (lactones) is 1. The lowest BCUT2D eigenvalue weighted by Gasteiger charge is -2.49. The number of esters is 1. The third-order valence-corrected chi connectivity index (χ3v) is 7.32. The van der Waals surface area contributed by atoms with Crippen molar-refractivity contribution < 1.29 is 9.53 Å². The molecule has 0 amide bonds. The molecule has 1 aromatic rings. The topological polar surface area (TPSA) is 26.3 Å². The summed E-state index contributed by atoms with van der Waals surface area (Å²) < 4.78 is 5.50. The minimum absolute atomic E-state index is 0.0894. The Bertz CT molecular complexity index is 552. The van der Waals surface area contributed by atoms with E-state index < -0.39 is 13.7 Å². The van der Waals surface area contributed by atoms with Crippen LogP contribution >= 0.6 is 0 Å². The summed E-state index contributed by atoms with van der Waals surface area (Å²) >= 11 is 0. The van der Waals surface area contributed by atoms with E-state index in [2.05, 4.69) is 63.8 Å². The Morgan fingerprint density at radius 1 is 1.15 bits per heavy atom. The minimum Gasteiger partial charge on any atom is -0.450 e. The summed E-state index contributed by atoms with van der Waals surface area (Å²) in [5, 5.41) is 1.34. The molecule has 0 aromatic heterocycles. The van der Waals surface area contributed by atoms with Crippen molar-refractivity contribution in [3.05, 3.63) is 41.6 Å². The van der Waals surface area contributed by atoms with Crippen LogP contribution < -0.4 is 5.19 Å². The number of carbonyl (C=O) groups is 1. The molecule has 0 bridgehead atoms. The first-order valence-corrected chi connectivity index (χ1v) is 10.2.